The molecule has 1 heterocycles. The molecule has 0 spiro atoms. The van der Waals surface area contributed by atoms with Crippen LogP contribution in [-0.2, 0) is 0 Å². The molecule has 0 aliphatic rings. The quantitative estimate of drug-likeness (QED) is 0.377. The van der Waals surface area contributed by atoms with Crippen LogP contribution in [0.1, 0.15) is 22.9 Å². The minimum atomic E-state index is -0.443. The molecule has 1 aromatic heterocycles. The van der Waals surface area contributed by atoms with Crippen LogP contribution in [0.15, 0.2) is 89.5 Å². The number of rotatable bonds is 5. The van der Waals surface area contributed by atoms with Gasteiger partial charge in [0.1, 0.15) is 0 Å². The Morgan fingerprint density at radius 3 is 2.07 bits per heavy atom. The van der Waals surface area contributed by atoms with Gasteiger partial charge in [-0.1, -0.05) is 78.0 Å². The summed E-state index contributed by atoms with van der Waals surface area (Å²) in [6, 6.07) is 26.0. The molecule has 6 heteroatoms. The van der Waals surface area contributed by atoms with Gasteiger partial charge in [0.2, 0.25) is 11.7 Å². The Bertz CT molecular complexity index is 1020. The Morgan fingerprint density at radius 1 is 0.852 bits per heavy atom. The lowest BCUT2D eigenvalue weighted by molar-refractivity contribution is -0.384. The van der Waals surface area contributed by atoms with Crippen molar-refractivity contribution in [2.45, 2.75) is 5.92 Å². The van der Waals surface area contributed by atoms with E-state index in [0.717, 1.165) is 11.1 Å². The Kier molecular flexibility index (Phi) is 4.45. The Balaban J connectivity index is 1.77. The Morgan fingerprint density at radius 2 is 1.48 bits per heavy atom. The van der Waals surface area contributed by atoms with Crippen LogP contribution in [0.2, 0.25) is 0 Å². The van der Waals surface area contributed by atoms with E-state index in [9.17, 15) is 10.1 Å². The molecule has 0 saturated carbocycles. The van der Waals surface area contributed by atoms with Crippen molar-refractivity contribution in [1.29, 1.82) is 0 Å². The van der Waals surface area contributed by atoms with Crippen molar-refractivity contribution in [3.8, 4) is 11.4 Å². The first-order valence-corrected chi connectivity index (χ1v) is 8.41. The number of nitrogens with zero attached hydrogens (tertiary/aromatic N) is 3. The van der Waals surface area contributed by atoms with Crippen molar-refractivity contribution in [2.75, 3.05) is 0 Å². The van der Waals surface area contributed by atoms with Gasteiger partial charge >= 0.3 is 0 Å². The van der Waals surface area contributed by atoms with Crippen LogP contribution in [-0.4, -0.2) is 15.1 Å². The van der Waals surface area contributed by atoms with Crippen LogP contribution < -0.4 is 0 Å². The van der Waals surface area contributed by atoms with Gasteiger partial charge in [-0.25, -0.2) is 0 Å². The zero-order valence-corrected chi connectivity index (χ0v) is 14.2. The molecule has 0 radical (unpaired) electrons. The minimum Gasteiger partial charge on any atom is -0.338 e. The maximum absolute atomic E-state index is 11.0. The van der Waals surface area contributed by atoms with Gasteiger partial charge in [0.15, 0.2) is 0 Å². The lowest BCUT2D eigenvalue weighted by Crippen LogP contribution is -2.03. The Hall–Kier alpha value is -3.80. The molecule has 0 saturated heterocycles. The lowest BCUT2D eigenvalue weighted by Gasteiger charge is -2.13. The topological polar surface area (TPSA) is 82.1 Å². The molecule has 4 aromatic rings. The molecule has 0 amide bonds. The van der Waals surface area contributed by atoms with Crippen molar-refractivity contribution in [3.63, 3.8) is 0 Å². The maximum Gasteiger partial charge on any atom is 0.270 e. The molecule has 6 nitrogen and oxygen atoms in total. The van der Waals surface area contributed by atoms with Crippen molar-refractivity contribution >= 4 is 5.69 Å². The Labute approximate surface area is 155 Å². The highest BCUT2D eigenvalue weighted by Gasteiger charge is 2.23. The molecule has 0 aliphatic carbocycles. The fraction of sp³-hybridized carbons (Fsp3) is 0.0476. The summed E-state index contributed by atoms with van der Waals surface area (Å²) in [5, 5.41) is 15.1. The fourth-order valence-corrected chi connectivity index (χ4v) is 3.00. The molecular formula is C21H15N3O3. The number of benzene rings is 3. The second-order valence-electron chi connectivity index (χ2n) is 6.02. The van der Waals surface area contributed by atoms with Crippen LogP contribution in [0.25, 0.3) is 11.4 Å². The largest absolute Gasteiger partial charge is 0.338 e. The molecule has 0 aliphatic heterocycles. The predicted molar refractivity (Wildman–Crippen MR) is 100 cm³/mol. The van der Waals surface area contributed by atoms with Crippen molar-refractivity contribution in [3.05, 3.63) is 112 Å². The van der Waals surface area contributed by atoms with Crippen molar-refractivity contribution in [1.82, 2.24) is 10.1 Å². The molecule has 3 aromatic carbocycles. The first-order chi connectivity index (χ1) is 13.2. The molecule has 4 rings (SSSR count). The average Bonchev–Trinajstić information content (AvgIpc) is 3.20. The molecular weight excluding hydrogens is 342 g/mol. The number of nitro groups is 1. The zero-order chi connectivity index (χ0) is 18.6. The summed E-state index contributed by atoms with van der Waals surface area (Å²) >= 11 is 0. The molecule has 0 bridgehead atoms. The summed E-state index contributed by atoms with van der Waals surface area (Å²) < 4.78 is 5.56. The third-order valence-electron chi connectivity index (χ3n) is 4.27. The van der Waals surface area contributed by atoms with Crippen LogP contribution >= 0.6 is 0 Å². The van der Waals surface area contributed by atoms with Crippen molar-refractivity contribution < 1.29 is 9.45 Å². The van der Waals surface area contributed by atoms with Crippen LogP contribution in [0, 0.1) is 10.1 Å². The van der Waals surface area contributed by atoms with E-state index >= 15 is 0 Å². The van der Waals surface area contributed by atoms with Gasteiger partial charge in [-0.05, 0) is 11.1 Å². The van der Waals surface area contributed by atoms with Gasteiger partial charge < -0.3 is 4.52 Å². The number of hydrogen-bond donors (Lipinski definition) is 0. The highest BCUT2D eigenvalue weighted by atomic mass is 16.6. The number of hydrogen-bond acceptors (Lipinski definition) is 5. The van der Waals surface area contributed by atoms with E-state index in [1.165, 1.54) is 12.1 Å². The van der Waals surface area contributed by atoms with Crippen molar-refractivity contribution in [2.24, 2.45) is 0 Å². The van der Waals surface area contributed by atoms with E-state index in [1.807, 2.05) is 60.7 Å². The summed E-state index contributed by atoms with van der Waals surface area (Å²) in [5.74, 6) is 0.548. The van der Waals surface area contributed by atoms with Gasteiger partial charge in [-0.2, -0.15) is 4.98 Å². The van der Waals surface area contributed by atoms with Crippen LogP contribution in [0.5, 0.6) is 0 Å². The highest BCUT2D eigenvalue weighted by molar-refractivity contribution is 5.58. The van der Waals surface area contributed by atoms with E-state index in [0.29, 0.717) is 17.3 Å². The number of non-ortho nitro benzene ring substituents is 1. The average molecular weight is 357 g/mol. The first kappa shape index (κ1) is 16.7. The standard InChI is InChI=1S/C21H15N3O3/c25-24(26)18-13-7-12-17(14-18)20-22-21(27-23-20)19(15-8-3-1-4-9-15)16-10-5-2-6-11-16/h1-14,19H. The number of aromatic nitrogens is 2. The molecule has 0 unspecified atom stereocenters. The normalized spacial score (nSPS) is 10.9. The molecule has 132 valence electrons. The monoisotopic (exact) mass is 357 g/mol. The second kappa shape index (κ2) is 7.21. The second-order valence-corrected chi connectivity index (χ2v) is 6.02. The third-order valence-corrected chi connectivity index (χ3v) is 4.27. The van der Waals surface area contributed by atoms with Gasteiger partial charge in [0, 0.05) is 17.7 Å². The summed E-state index contributed by atoms with van der Waals surface area (Å²) in [6.45, 7) is 0. The van der Waals surface area contributed by atoms with E-state index in [4.69, 9.17) is 4.52 Å². The summed E-state index contributed by atoms with van der Waals surface area (Å²) in [4.78, 5) is 15.1. The van der Waals surface area contributed by atoms with Crippen LogP contribution in [0.3, 0.4) is 0 Å². The van der Waals surface area contributed by atoms with Gasteiger partial charge in [-0.3, -0.25) is 10.1 Å². The summed E-state index contributed by atoms with van der Waals surface area (Å²) in [7, 11) is 0. The lowest BCUT2D eigenvalue weighted by atomic mass is 9.91. The van der Waals surface area contributed by atoms with Gasteiger partial charge in [0.05, 0.1) is 10.8 Å². The summed E-state index contributed by atoms with van der Waals surface area (Å²) in [5.41, 5.74) is 2.58. The van der Waals surface area contributed by atoms with E-state index < -0.39 is 4.92 Å². The molecule has 0 atom stereocenters. The smallest absolute Gasteiger partial charge is 0.270 e. The number of nitro benzene ring substituents is 1. The van der Waals surface area contributed by atoms with Crippen LogP contribution in [0.4, 0.5) is 5.69 Å². The van der Waals surface area contributed by atoms with E-state index in [1.54, 1.807) is 12.1 Å². The third kappa shape index (κ3) is 3.46. The molecule has 0 fully saturated rings. The minimum absolute atomic E-state index is 0.0125. The van der Waals surface area contributed by atoms with E-state index in [2.05, 4.69) is 10.1 Å². The SMILES string of the molecule is O=[N+]([O-])c1cccc(-c2noc(C(c3ccccc3)c3ccccc3)n2)c1. The summed E-state index contributed by atoms with van der Waals surface area (Å²) in [6.07, 6.45) is 0. The fourth-order valence-electron chi connectivity index (χ4n) is 3.00. The molecule has 0 N–H and O–H groups in total. The first-order valence-electron chi connectivity index (χ1n) is 8.41. The molecule has 27 heavy (non-hydrogen) atoms. The van der Waals surface area contributed by atoms with E-state index in [-0.39, 0.29) is 11.6 Å². The van der Waals surface area contributed by atoms with Gasteiger partial charge in [0.25, 0.3) is 5.69 Å². The highest BCUT2D eigenvalue weighted by Crippen LogP contribution is 2.32. The zero-order valence-electron chi connectivity index (χ0n) is 14.2. The van der Waals surface area contributed by atoms with Gasteiger partial charge in [-0.15, -0.1) is 0 Å². The predicted octanol–water partition coefficient (Wildman–Crippen LogP) is 4.83. The maximum atomic E-state index is 11.0.